The number of hydrogen-bond acceptors (Lipinski definition) is 4. The van der Waals surface area contributed by atoms with Gasteiger partial charge < -0.3 is 4.74 Å². The number of hydrogen-bond donors (Lipinski definition) is 0. The van der Waals surface area contributed by atoms with E-state index in [0.29, 0.717) is 5.01 Å². The smallest absolute Gasteiger partial charge is 0.367 e. The summed E-state index contributed by atoms with van der Waals surface area (Å²) in [5.41, 5.74) is 0.810. The van der Waals surface area contributed by atoms with Crippen LogP contribution in [0.15, 0.2) is 22.7 Å². The van der Waals surface area contributed by atoms with E-state index in [0.717, 1.165) is 14.7 Å². The van der Waals surface area contributed by atoms with E-state index in [-0.39, 0.29) is 0 Å². The fraction of sp³-hybridized carbons (Fsp3) is 0.111. The van der Waals surface area contributed by atoms with Gasteiger partial charge in [0.25, 0.3) is 0 Å². The molecule has 0 aliphatic rings. The number of carbonyl (C=O) groups is 1. The third-order valence-corrected chi connectivity index (χ3v) is 3.73. The predicted octanol–water partition coefficient (Wildman–Crippen LogP) is 2.85. The van der Waals surface area contributed by atoms with Crippen LogP contribution >= 0.6 is 27.3 Å². The van der Waals surface area contributed by atoms with E-state index >= 15 is 0 Å². The van der Waals surface area contributed by atoms with Gasteiger partial charge in [-0.25, -0.2) is 9.78 Å². The highest BCUT2D eigenvalue weighted by atomic mass is 79.9. The Bertz CT molecular complexity index is 495. The molecule has 0 aliphatic carbocycles. The second-order valence-corrected chi connectivity index (χ2v) is 4.45. The molecule has 0 N–H and O–H groups in total. The molecule has 0 bridgehead atoms. The highest BCUT2D eigenvalue weighted by molar-refractivity contribution is 9.10. The summed E-state index contributed by atoms with van der Waals surface area (Å²) in [4.78, 5) is 15.4. The fourth-order valence-electron chi connectivity index (χ4n) is 1.09. The average Bonchev–Trinajstić information content (AvgIpc) is 2.62. The minimum atomic E-state index is -0.391. The first kappa shape index (κ1) is 9.61. The van der Waals surface area contributed by atoms with E-state index in [4.69, 9.17) is 0 Å². The van der Waals surface area contributed by atoms with E-state index < -0.39 is 5.97 Å². The van der Waals surface area contributed by atoms with Crippen LogP contribution in [0.5, 0.6) is 0 Å². The number of methoxy groups -OCH3 is 1. The zero-order valence-electron chi connectivity index (χ0n) is 7.28. The molecule has 1 aromatic heterocycles. The Balaban J connectivity index is 2.62. The first-order valence-electron chi connectivity index (χ1n) is 3.85. The fourth-order valence-corrected chi connectivity index (χ4v) is 2.58. The highest BCUT2D eigenvalue weighted by Gasteiger charge is 2.13. The van der Waals surface area contributed by atoms with E-state index in [1.165, 1.54) is 18.4 Å². The van der Waals surface area contributed by atoms with Gasteiger partial charge in [-0.15, -0.1) is 11.3 Å². The average molecular weight is 272 g/mol. The van der Waals surface area contributed by atoms with Gasteiger partial charge in [0.05, 0.1) is 17.3 Å². The lowest BCUT2D eigenvalue weighted by Crippen LogP contribution is -1.99. The monoisotopic (exact) mass is 271 g/mol. The molecule has 0 atom stereocenters. The maximum absolute atomic E-state index is 11.2. The van der Waals surface area contributed by atoms with Crippen LogP contribution in [0.2, 0.25) is 0 Å². The Kier molecular flexibility index (Phi) is 2.52. The maximum atomic E-state index is 11.2. The molecule has 0 radical (unpaired) electrons. The molecule has 2 rings (SSSR count). The van der Waals surface area contributed by atoms with Gasteiger partial charge in [-0.3, -0.25) is 0 Å². The van der Waals surface area contributed by atoms with Crippen molar-refractivity contribution in [3.8, 4) is 0 Å². The Morgan fingerprint density at radius 1 is 1.57 bits per heavy atom. The van der Waals surface area contributed by atoms with E-state index in [1.54, 1.807) is 0 Å². The number of aromatic nitrogens is 1. The maximum Gasteiger partial charge on any atom is 0.367 e. The minimum Gasteiger partial charge on any atom is -0.464 e. The Hall–Kier alpha value is -0.940. The van der Waals surface area contributed by atoms with Crippen molar-refractivity contribution in [3.05, 3.63) is 27.7 Å². The highest BCUT2D eigenvalue weighted by Crippen LogP contribution is 2.29. The van der Waals surface area contributed by atoms with Crippen LogP contribution in [-0.4, -0.2) is 18.1 Å². The van der Waals surface area contributed by atoms with Crippen molar-refractivity contribution in [2.75, 3.05) is 7.11 Å². The molecule has 0 saturated carbocycles. The lowest BCUT2D eigenvalue weighted by Gasteiger charge is -1.89. The largest absolute Gasteiger partial charge is 0.464 e. The number of carbonyl (C=O) groups excluding carboxylic acids is 1. The molecule has 5 heteroatoms. The van der Waals surface area contributed by atoms with Crippen LogP contribution in [0.25, 0.3) is 10.2 Å². The summed E-state index contributed by atoms with van der Waals surface area (Å²) in [5.74, 6) is -0.391. The first-order chi connectivity index (χ1) is 6.72. The number of rotatable bonds is 1. The summed E-state index contributed by atoms with van der Waals surface area (Å²) in [5, 5.41) is 0.384. The predicted molar refractivity (Wildman–Crippen MR) is 58.7 cm³/mol. The molecule has 1 aromatic carbocycles. The van der Waals surface area contributed by atoms with Crippen LogP contribution in [0.4, 0.5) is 0 Å². The molecule has 0 aliphatic heterocycles. The molecule has 0 fully saturated rings. The molecule has 0 amide bonds. The minimum absolute atomic E-state index is 0.384. The van der Waals surface area contributed by atoms with E-state index in [9.17, 15) is 4.79 Å². The number of thiazole rings is 1. The lowest BCUT2D eigenvalue weighted by atomic mass is 10.3. The van der Waals surface area contributed by atoms with E-state index in [2.05, 4.69) is 25.7 Å². The zero-order chi connectivity index (χ0) is 10.1. The summed E-state index contributed by atoms with van der Waals surface area (Å²) in [6.45, 7) is 0. The molecule has 14 heavy (non-hydrogen) atoms. The summed E-state index contributed by atoms with van der Waals surface area (Å²) in [6, 6.07) is 5.66. The van der Waals surface area contributed by atoms with E-state index in [1.807, 2.05) is 18.2 Å². The molecular formula is C9H6BrNO2S. The standard InChI is InChI=1S/C9H6BrNO2S/c1-13-9(12)8-11-6-4-2-3-5(10)7(6)14-8/h2-4H,1H3. The SMILES string of the molecule is COC(=O)c1nc2cccc(Br)c2s1. The van der Waals surface area contributed by atoms with Gasteiger partial charge in [0.15, 0.2) is 0 Å². The second-order valence-electron chi connectivity index (χ2n) is 2.60. The molecule has 0 saturated heterocycles. The second kappa shape index (κ2) is 3.67. The number of nitrogens with zero attached hydrogens (tertiary/aromatic N) is 1. The zero-order valence-corrected chi connectivity index (χ0v) is 9.68. The van der Waals surface area contributed by atoms with Crippen molar-refractivity contribution in [2.24, 2.45) is 0 Å². The summed E-state index contributed by atoms with van der Waals surface area (Å²) < 4.78 is 6.51. The third-order valence-electron chi connectivity index (χ3n) is 1.73. The quantitative estimate of drug-likeness (QED) is 0.749. The Morgan fingerprint density at radius 3 is 3.00 bits per heavy atom. The number of ether oxygens (including phenoxy) is 1. The third kappa shape index (κ3) is 1.53. The van der Waals surface area contributed by atoms with Gasteiger partial charge >= 0.3 is 5.97 Å². The van der Waals surface area contributed by atoms with Crippen LogP contribution in [0, 0.1) is 0 Å². The molecule has 0 unspecified atom stereocenters. The molecular weight excluding hydrogens is 266 g/mol. The number of fused-ring (bicyclic) bond motifs is 1. The van der Waals surface area contributed by atoms with Gasteiger partial charge in [0, 0.05) is 4.47 Å². The van der Waals surface area contributed by atoms with Crippen molar-refractivity contribution < 1.29 is 9.53 Å². The number of benzene rings is 1. The van der Waals surface area contributed by atoms with Gasteiger partial charge in [-0.1, -0.05) is 6.07 Å². The molecule has 3 nitrogen and oxygen atoms in total. The van der Waals surface area contributed by atoms with Crippen molar-refractivity contribution in [1.29, 1.82) is 0 Å². The van der Waals surface area contributed by atoms with Crippen LogP contribution in [-0.2, 0) is 4.74 Å². The normalized spacial score (nSPS) is 10.4. The molecule has 72 valence electrons. The van der Waals surface area contributed by atoms with Gasteiger partial charge in [-0.05, 0) is 28.1 Å². The van der Waals surface area contributed by atoms with Gasteiger partial charge in [0.1, 0.15) is 0 Å². The van der Waals surface area contributed by atoms with Gasteiger partial charge in [0.2, 0.25) is 5.01 Å². The lowest BCUT2D eigenvalue weighted by molar-refractivity contribution is 0.0600. The molecule has 2 aromatic rings. The summed E-state index contributed by atoms with van der Waals surface area (Å²) in [6.07, 6.45) is 0. The van der Waals surface area contributed by atoms with Crippen molar-refractivity contribution in [1.82, 2.24) is 4.98 Å². The topological polar surface area (TPSA) is 39.2 Å². The van der Waals surface area contributed by atoms with Gasteiger partial charge in [-0.2, -0.15) is 0 Å². The summed E-state index contributed by atoms with van der Waals surface area (Å²) in [7, 11) is 1.35. The van der Waals surface area contributed by atoms with Crippen LogP contribution in [0.3, 0.4) is 0 Å². The van der Waals surface area contributed by atoms with Crippen LogP contribution < -0.4 is 0 Å². The Labute approximate surface area is 92.8 Å². The molecule has 1 heterocycles. The van der Waals surface area contributed by atoms with Crippen molar-refractivity contribution in [2.45, 2.75) is 0 Å². The Morgan fingerprint density at radius 2 is 2.36 bits per heavy atom. The van der Waals surface area contributed by atoms with Crippen LogP contribution in [0.1, 0.15) is 9.80 Å². The number of halogens is 1. The summed E-state index contributed by atoms with van der Waals surface area (Å²) >= 11 is 4.72. The number of esters is 1. The van der Waals surface area contributed by atoms with Crippen molar-refractivity contribution in [3.63, 3.8) is 0 Å². The molecule has 0 spiro atoms. The first-order valence-corrected chi connectivity index (χ1v) is 5.46. The van der Waals surface area contributed by atoms with Crippen molar-refractivity contribution >= 4 is 43.5 Å².